The Labute approximate surface area is 125 Å². The third-order valence-electron chi connectivity index (χ3n) is 2.80. The molecule has 0 bridgehead atoms. The van der Waals surface area contributed by atoms with Crippen molar-refractivity contribution in [1.82, 2.24) is 0 Å². The van der Waals surface area contributed by atoms with E-state index in [-0.39, 0.29) is 24.1 Å². The number of carbonyl (C=O) groups is 1. The first-order valence-electron chi connectivity index (χ1n) is 6.63. The molecule has 0 fully saturated rings. The zero-order valence-electron chi connectivity index (χ0n) is 12.2. The highest BCUT2D eigenvalue weighted by Crippen LogP contribution is 2.18. The summed E-state index contributed by atoms with van der Waals surface area (Å²) in [5, 5.41) is 7.63. The van der Waals surface area contributed by atoms with Crippen LogP contribution in [0.15, 0.2) is 24.3 Å². The molecular formula is C13H22N4O3S. The molecule has 6 N–H and O–H groups in total. The molecule has 1 aromatic rings. The zero-order valence-corrected chi connectivity index (χ0v) is 13.0. The van der Waals surface area contributed by atoms with Crippen LogP contribution in [0.4, 0.5) is 11.4 Å². The van der Waals surface area contributed by atoms with Crippen molar-refractivity contribution >= 4 is 27.5 Å². The van der Waals surface area contributed by atoms with E-state index in [1.807, 2.05) is 13.8 Å². The van der Waals surface area contributed by atoms with Gasteiger partial charge in [0.15, 0.2) is 0 Å². The van der Waals surface area contributed by atoms with Crippen LogP contribution in [0.2, 0.25) is 0 Å². The summed E-state index contributed by atoms with van der Waals surface area (Å²) in [5.74, 6) is -0.0986. The fourth-order valence-electron chi connectivity index (χ4n) is 1.95. The Hall–Kier alpha value is -1.64. The summed E-state index contributed by atoms with van der Waals surface area (Å²) >= 11 is 0. The molecule has 1 rings (SSSR count). The number of hydrogen-bond acceptors (Lipinski definition) is 4. The molecule has 0 spiro atoms. The second kappa shape index (κ2) is 7.39. The van der Waals surface area contributed by atoms with Gasteiger partial charge >= 0.3 is 0 Å². The maximum atomic E-state index is 12.1. The Bertz CT molecular complexity index is 587. The maximum Gasteiger partial charge on any atom is 0.296 e. The van der Waals surface area contributed by atoms with Crippen LogP contribution in [0.5, 0.6) is 0 Å². The van der Waals surface area contributed by atoms with Gasteiger partial charge in [0, 0.05) is 12.2 Å². The van der Waals surface area contributed by atoms with Crippen LogP contribution >= 0.6 is 0 Å². The largest absolute Gasteiger partial charge is 0.330 e. The van der Waals surface area contributed by atoms with Gasteiger partial charge in [0.05, 0.1) is 11.6 Å². The van der Waals surface area contributed by atoms with Gasteiger partial charge in [-0.15, -0.1) is 0 Å². The Morgan fingerprint density at radius 3 is 2.43 bits per heavy atom. The molecule has 1 aromatic carbocycles. The van der Waals surface area contributed by atoms with Crippen molar-refractivity contribution in [2.24, 2.45) is 22.7 Å². The maximum absolute atomic E-state index is 12.1. The lowest BCUT2D eigenvalue weighted by Gasteiger charge is -2.17. The minimum Gasteiger partial charge on any atom is -0.330 e. The van der Waals surface area contributed by atoms with E-state index in [0.717, 1.165) is 0 Å². The standard InChI is InChI=1S/C13H22N4O3S/c1-9(2)6-10(8-14)13(18)16-11-4-3-5-12(7-11)17-21(15,19)20/h3-5,7,9-10,17H,6,8,14H2,1-2H3,(H,16,18)(H2,15,19,20). The fourth-order valence-corrected chi connectivity index (χ4v) is 2.40. The van der Waals surface area contributed by atoms with Gasteiger partial charge in [0.2, 0.25) is 5.91 Å². The van der Waals surface area contributed by atoms with Crippen molar-refractivity contribution in [3.63, 3.8) is 0 Å². The molecule has 0 radical (unpaired) electrons. The summed E-state index contributed by atoms with van der Waals surface area (Å²) in [6.07, 6.45) is 0.692. The van der Waals surface area contributed by atoms with Crippen LogP contribution in [0.3, 0.4) is 0 Å². The number of hydrogen-bond donors (Lipinski definition) is 4. The highest BCUT2D eigenvalue weighted by molar-refractivity contribution is 7.90. The van der Waals surface area contributed by atoms with Crippen LogP contribution in [0, 0.1) is 11.8 Å². The van der Waals surface area contributed by atoms with Gasteiger partial charge in [-0.25, -0.2) is 5.14 Å². The molecule has 0 aromatic heterocycles. The van der Waals surface area contributed by atoms with Gasteiger partial charge in [-0.1, -0.05) is 19.9 Å². The molecule has 0 saturated carbocycles. The molecule has 21 heavy (non-hydrogen) atoms. The van der Waals surface area contributed by atoms with Crippen molar-refractivity contribution in [1.29, 1.82) is 0 Å². The SMILES string of the molecule is CC(C)CC(CN)C(=O)Nc1cccc(NS(N)(=O)=O)c1. The minimum absolute atomic E-state index is 0.182. The number of benzene rings is 1. The normalized spacial score (nSPS) is 13.0. The van der Waals surface area contributed by atoms with E-state index in [4.69, 9.17) is 10.9 Å². The predicted octanol–water partition coefficient (Wildman–Crippen LogP) is 0.862. The summed E-state index contributed by atoms with van der Waals surface area (Å²) in [6, 6.07) is 6.30. The van der Waals surface area contributed by atoms with E-state index >= 15 is 0 Å². The van der Waals surface area contributed by atoms with Crippen molar-refractivity contribution in [2.45, 2.75) is 20.3 Å². The van der Waals surface area contributed by atoms with E-state index < -0.39 is 10.2 Å². The number of carbonyl (C=O) groups excluding carboxylic acids is 1. The van der Waals surface area contributed by atoms with Crippen LogP contribution in [0.25, 0.3) is 0 Å². The lowest BCUT2D eigenvalue weighted by atomic mass is 9.96. The number of anilines is 2. The molecule has 1 atom stereocenters. The molecule has 8 heteroatoms. The van der Waals surface area contributed by atoms with Gasteiger partial charge in [-0.2, -0.15) is 8.42 Å². The lowest BCUT2D eigenvalue weighted by molar-refractivity contribution is -0.120. The Morgan fingerprint density at radius 1 is 1.29 bits per heavy atom. The van der Waals surface area contributed by atoms with Crippen molar-refractivity contribution < 1.29 is 13.2 Å². The minimum atomic E-state index is -3.84. The van der Waals surface area contributed by atoms with Gasteiger partial charge in [0.25, 0.3) is 10.2 Å². The third-order valence-corrected chi connectivity index (χ3v) is 3.32. The molecular weight excluding hydrogens is 292 g/mol. The van der Waals surface area contributed by atoms with Gasteiger partial charge < -0.3 is 11.1 Å². The van der Waals surface area contributed by atoms with Gasteiger partial charge in [-0.3, -0.25) is 9.52 Å². The van der Waals surface area contributed by atoms with E-state index in [1.54, 1.807) is 12.1 Å². The second-order valence-corrected chi connectivity index (χ2v) is 6.57. The monoisotopic (exact) mass is 314 g/mol. The predicted molar refractivity (Wildman–Crippen MR) is 83.8 cm³/mol. The average molecular weight is 314 g/mol. The zero-order chi connectivity index (χ0) is 16.0. The summed E-state index contributed by atoms with van der Waals surface area (Å²) in [4.78, 5) is 12.1. The fraction of sp³-hybridized carbons (Fsp3) is 0.462. The summed E-state index contributed by atoms with van der Waals surface area (Å²) < 4.78 is 24.1. The van der Waals surface area contributed by atoms with Gasteiger partial charge in [0.1, 0.15) is 0 Å². The van der Waals surface area contributed by atoms with Crippen LogP contribution in [-0.2, 0) is 15.0 Å². The molecule has 0 aliphatic heterocycles. The van der Waals surface area contributed by atoms with Crippen LogP contribution < -0.4 is 20.9 Å². The number of rotatable bonds is 7. The van der Waals surface area contributed by atoms with E-state index in [9.17, 15) is 13.2 Å². The highest BCUT2D eigenvalue weighted by atomic mass is 32.2. The molecule has 0 heterocycles. The molecule has 1 amide bonds. The average Bonchev–Trinajstić information content (AvgIpc) is 2.33. The second-order valence-electron chi connectivity index (χ2n) is 5.28. The number of nitrogens with two attached hydrogens (primary N) is 2. The van der Waals surface area contributed by atoms with E-state index in [0.29, 0.717) is 18.0 Å². The molecule has 118 valence electrons. The van der Waals surface area contributed by atoms with Gasteiger partial charge in [-0.05, 0) is 30.5 Å². The molecule has 0 aliphatic rings. The Morgan fingerprint density at radius 2 is 1.90 bits per heavy atom. The first-order valence-corrected chi connectivity index (χ1v) is 8.17. The lowest BCUT2D eigenvalue weighted by Crippen LogP contribution is -2.30. The topological polar surface area (TPSA) is 127 Å². The van der Waals surface area contributed by atoms with Crippen molar-refractivity contribution in [3.8, 4) is 0 Å². The molecule has 7 nitrogen and oxygen atoms in total. The smallest absolute Gasteiger partial charge is 0.296 e. The Kier molecular flexibility index (Phi) is 6.13. The molecule has 0 aliphatic carbocycles. The highest BCUT2D eigenvalue weighted by Gasteiger charge is 2.18. The third kappa shape index (κ3) is 6.56. The first kappa shape index (κ1) is 17.4. The van der Waals surface area contributed by atoms with Crippen molar-refractivity contribution in [3.05, 3.63) is 24.3 Å². The summed E-state index contributed by atoms with van der Waals surface area (Å²) in [7, 11) is -3.84. The molecule has 0 saturated heterocycles. The summed E-state index contributed by atoms with van der Waals surface area (Å²) in [6.45, 7) is 4.30. The quantitative estimate of drug-likeness (QED) is 0.595. The molecule has 1 unspecified atom stereocenters. The number of nitrogens with one attached hydrogen (secondary N) is 2. The van der Waals surface area contributed by atoms with Crippen molar-refractivity contribution in [2.75, 3.05) is 16.6 Å². The van der Waals surface area contributed by atoms with Crippen LogP contribution in [-0.4, -0.2) is 20.9 Å². The van der Waals surface area contributed by atoms with E-state index in [2.05, 4.69) is 10.0 Å². The first-order chi connectivity index (χ1) is 9.71. The van der Waals surface area contributed by atoms with E-state index in [1.165, 1.54) is 12.1 Å². The summed E-state index contributed by atoms with van der Waals surface area (Å²) in [5.41, 5.74) is 6.38. The van der Waals surface area contributed by atoms with Crippen LogP contribution in [0.1, 0.15) is 20.3 Å². The Balaban J connectivity index is 2.78. The number of amides is 1.